The predicted octanol–water partition coefficient (Wildman–Crippen LogP) is 7.23. The molecular weight excluding hydrogens is 486 g/mol. The molecule has 2 aromatic heterocycles. The number of benzene rings is 4. The van der Waals surface area contributed by atoms with Crippen molar-refractivity contribution in [2.45, 2.75) is 19.4 Å². The number of rotatable bonds is 6. The van der Waals surface area contributed by atoms with E-state index in [0.717, 1.165) is 44.4 Å². The van der Waals surface area contributed by atoms with Gasteiger partial charge in [-0.3, -0.25) is 4.79 Å². The van der Waals surface area contributed by atoms with E-state index in [9.17, 15) is 4.79 Å². The summed E-state index contributed by atoms with van der Waals surface area (Å²) >= 11 is 0. The standard InChI is InChI=1S/C32H27N5O2/c1-32(2,33)21-12-10-20(11-13-21)31(38)37-23-16-14-22(15-17-23)36-29-18-27(34-19-35-29)26-8-5-7-25-24-6-3-4-9-28(24)39-30(25)26/h3-19H,33H2,1-2H3,(H,37,38)(H,34,35,36). The average molecular weight is 514 g/mol. The summed E-state index contributed by atoms with van der Waals surface area (Å²) in [6.45, 7) is 3.86. The van der Waals surface area contributed by atoms with Gasteiger partial charge < -0.3 is 20.8 Å². The maximum Gasteiger partial charge on any atom is 0.255 e. The van der Waals surface area contributed by atoms with Crippen LogP contribution in [0.5, 0.6) is 0 Å². The Bertz CT molecular complexity index is 1800. The van der Waals surface area contributed by atoms with Crippen molar-refractivity contribution in [3.63, 3.8) is 0 Å². The van der Waals surface area contributed by atoms with Crippen molar-refractivity contribution in [3.05, 3.63) is 115 Å². The van der Waals surface area contributed by atoms with E-state index in [0.29, 0.717) is 17.1 Å². The van der Waals surface area contributed by atoms with Crippen molar-refractivity contribution in [2.24, 2.45) is 5.73 Å². The third-order valence-electron chi connectivity index (χ3n) is 6.65. The second kappa shape index (κ2) is 9.70. The molecule has 0 aliphatic carbocycles. The van der Waals surface area contributed by atoms with Crippen LogP contribution in [-0.4, -0.2) is 15.9 Å². The fourth-order valence-electron chi connectivity index (χ4n) is 4.56. The van der Waals surface area contributed by atoms with Crippen molar-refractivity contribution in [3.8, 4) is 11.3 Å². The van der Waals surface area contributed by atoms with Crippen molar-refractivity contribution >= 4 is 45.0 Å². The molecule has 0 spiro atoms. The van der Waals surface area contributed by atoms with E-state index in [1.165, 1.54) is 6.33 Å². The van der Waals surface area contributed by atoms with Crippen LogP contribution in [0, 0.1) is 0 Å². The van der Waals surface area contributed by atoms with Crippen LogP contribution < -0.4 is 16.4 Å². The van der Waals surface area contributed by atoms with Gasteiger partial charge in [0.15, 0.2) is 0 Å². The first-order valence-corrected chi connectivity index (χ1v) is 12.7. The summed E-state index contributed by atoms with van der Waals surface area (Å²) in [6, 6.07) is 30.7. The zero-order valence-electron chi connectivity index (χ0n) is 21.6. The molecule has 0 saturated carbocycles. The summed E-state index contributed by atoms with van der Waals surface area (Å²) in [5.74, 6) is 0.463. The highest BCUT2D eigenvalue weighted by Gasteiger charge is 2.15. The van der Waals surface area contributed by atoms with Gasteiger partial charge >= 0.3 is 0 Å². The van der Waals surface area contributed by atoms with Crippen LogP contribution in [-0.2, 0) is 5.54 Å². The number of carbonyl (C=O) groups excluding carboxylic acids is 1. The number of carbonyl (C=O) groups is 1. The van der Waals surface area contributed by atoms with Gasteiger partial charge in [0.05, 0.1) is 5.69 Å². The molecule has 0 atom stereocenters. The zero-order valence-corrected chi connectivity index (χ0v) is 21.6. The third kappa shape index (κ3) is 4.95. The number of furan rings is 1. The molecule has 4 N–H and O–H groups in total. The minimum Gasteiger partial charge on any atom is -0.455 e. The second-order valence-electron chi connectivity index (χ2n) is 10.0. The number of nitrogens with two attached hydrogens (primary N) is 1. The molecular formula is C32H27N5O2. The number of amides is 1. The minimum atomic E-state index is -0.455. The van der Waals surface area contributed by atoms with Gasteiger partial charge in [0.25, 0.3) is 5.91 Å². The van der Waals surface area contributed by atoms with Gasteiger partial charge in [-0.25, -0.2) is 9.97 Å². The van der Waals surface area contributed by atoms with E-state index in [2.05, 4.69) is 32.7 Å². The lowest BCUT2D eigenvalue weighted by molar-refractivity contribution is 0.102. The van der Waals surface area contributed by atoms with Crippen LogP contribution in [0.3, 0.4) is 0 Å². The Morgan fingerprint density at radius 2 is 1.54 bits per heavy atom. The van der Waals surface area contributed by atoms with E-state index < -0.39 is 5.54 Å². The summed E-state index contributed by atoms with van der Waals surface area (Å²) in [5.41, 5.74) is 12.0. The van der Waals surface area contributed by atoms with Crippen molar-refractivity contribution in [2.75, 3.05) is 10.6 Å². The highest BCUT2D eigenvalue weighted by Crippen LogP contribution is 2.35. The quantitative estimate of drug-likeness (QED) is 0.217. The average Bonchev–Trinajstić information content (AvgIpc) is 3.33. The van der Waals surface area contributed by atoms with E-state index in [-0.39, 0.29) is 5.91 Å². The number of nitrogens with zero attached hydrogens (tertiary/aromatic N) is 2. The van der Waals surface area contributed by atoms with Crippen molar-refractivity contribution in [1.29, 1.82) is 0 Å². The maximum absolute atomic E-state index is 12.7. The van der Waals surface area contributed by atoms with Crippen LogP contribution in [0.25, 0.3) is 33.2 Å². The van der Waals surface area contributed by atoms with Crippen LogP contribution in [0.1, 0.15) is 29.8 Å². The molecule has 0 unspecified atom stereocenters. The lowest BCUT2D eigenvalue weighted by Gasteiger charge is -2.19. The molecule has 0 saturated heterocycles. The largest absolute Gasteiger partial charge is 0.455 e. The molecule has 6 aromatic rings. The first-order valence-electron chi connectivity index (χ1n) is 12.7. The second-order valence-corrected chi connectivity index (χ2v) is 10.0. The number of nitrogens with one attached hydrogen (secondary N) is 2. The van der Waals surface area contributed by atoms with Crippen LogP contribution >= 0.6 is 0 Å². The molecule has 4 aromatic carbocycles. The SMILES string of the molecule is CC(C)(N)c1ccc(C(=O)Nc2ccc(Nc3cc(-c4cccc5c4oc4ccccc45)ncn3)cc2)cc1. The Balaban J connectivity index is 1.18. The molecule has 0 aliphatic rings. The lowest BCUT2D eigenvalue weighted by atomic mass is 9.95. The number of hydrogen-bond donors (Lipinski definition) is 3. The Kier molecular flexibility index (Phi) is 6.05. The number of aromatic nitrogens is 2. The highest BCUT2D eigenvalue weighted by molar-refractivity contribution is 6.09. The summed E-state index contributed by atoms with van der Waals surface area (Å²) in [6.07, 6.45) is 1.53. The van der Waals surface area contributed by atoms with Gasteiger partial charge in [-0.05, 0) is 67.9 Å². The van der Waals surface area contributed by atoms with Crippen molar-refractivity contribution < 1.29 is 9.21 Å². The predicted molar refractivity (Wildman–Crippen MR) is 156 cm³/mol. The summed E-state index contributed by atoms with van der Waals surface area (Å²) in [4.78, 5) is 21.6. The van der Waals surface area contributed by atoms with Gasteiger partial charge in [0.1, 0.15) is 23.3 Å². The maximum atomic E-state index is 12.7. The molecule has 0 bridgehead atoms. The van der Waals surface area contributed by atoms with Gasteiger partial charge in [0.2, 0.25) is 0 Å². The number of para-hydroxylation sites is 2. The molecule has 6 rings (SSSR count). The number of anilines is 3. The first-order chi connectivity index (χ1) is 18.8. The van der Waals surface area contributed by atoms with E-state index >= 15 is 0 Å². The van der Waals surface area contributed by atoms with Gasteiger partial charge in [-0.15, -0.1) is 0 Å². The summed E-state index contributed by atoms with van der Waals surface area (Å²) in [5, 5.41) is 8.37. The molecule has 0 fully saturated rings. The first kappa shape index (κ1) is 24.3. The molecule has 192 valence electrons. The number of hydrogen-bond acceptors (Lipinski definition) is 6. The Hall–Kier alpha value is -5.01. The molecule has 0 radical (unpaired) electrons. The minimum absolute atomic E-state index is 0.183. The summed E-state index contributed by atoms with van der Waals surface area (Å²) in [7, 11) is 0. The van der Waals surface area contributed by atoms with Crippen LogP contribution in [0.2, 0.25) is 0 Å². The normalized spacial score (nSPS) is 11.6. The smallest absolute Gasteiger partial charge is 0.255 e. The molecule has 7 nitrogen and oxygen atoms in total. The molecule has 7 heteroatoms. The van der Waals surface area contributed by atoms with E-state index in [1.807, 2.05) is 86.6 Å². The Morgan fingerprint density at radius 3 is 2.31 bits per heavy atom. The van der Waals surface area contributed by atoms with E-state index in [1.54, 1.807) is 12.1 Å². The lowest BCUT2D eigenvalue weighted by Crippen LogP contribution is -2.28. The zero-order chi connectivity index (χ0) is 27.0. The fraction of sp³-hybridized carbons (Fsp3) is 0.0938. The van der Waals surface area contributed by atoms with Gasteiger partial charge in [0, 0.05) is 44.9 Å². The Morgan fingerprint density at radius 1 is 0.821 bits per heavy atom. The van der Waals surface area contributed by atoms with Crippen molar-refractivity contribution in [1.82, 2.24) is 9.97 Å². The topological polar surface area (TPSA) is 106 Å². The Labute approximate surface area is 225 Å². The highest BCUT2D eigenvalue weighted by atomic mass is 16.3. The van der Waals surface area contributed by atoms with E-state index in [4.69, 9.17) is 10.2 Å². The van der Waals surface area contributed by atoms with Gasteiger partial charge in [-0.2, -0.15) is 0 Å². The fourth-order valence-corrected chi connectivity index (χ4v) is 4.56. The summed E-state index contributed by atoms with van der Waals surface area (Å²) < 4.78 is 6.17. The number of fused-ring (bicyclic) bond motifs is 3. The van der Waals surface area contributed by atoms with Crippen LogP contribution in [0.4, 0.5) is 17.2 Å². The molecule has 1 amide bonds. The monoisotopic (exact) mass is 513 g/mol. The van der Waals surface area contributed by atoms with Crippen LogP contribution in [0.15, 0.2) is 108 Å². The molecule has 0 aliphatic heterocycles. The molecule has 2 heterocycles. The van der Waals surface area contributed by atoms with Gasteiger partial charge in [-0.1, -0.05) is 42.5 Å². The third-order valence-corrected chi connectivity index (χ3v) is 6.65. The molecule has 39 heavy (non-hydrogen) atoms.